The van der Waals surface area contributed by atoms with E-state index < -0.39 is 0 Å². The van der Waals surface area contributed by atoms with Gasteiger partial charge in [-0.15, -0.1) is 10.2 Å². The van der Waals surface area contributed by atoms with Crippen molar-refractivity contribution in [1.82, 2.24) is 19.8 Å². The largest absolute Gasteiger partial charge is 0.323 e. The Morgan fingerprint density at radius 1 is 1.00 bits per heavy atom. The first-order chi connectivity index (χ1) is 13.5. The minimum atomic E-state index is -0.347. The Balaban J connectivity index is 1.55. The molecule has 0 fully saturated rings. The number of carbonyl (C=O) groups excluding carboxylic acids is 1. The lowest BCUT2D eigenvalue weighted by atomic mass is 10.1. The van der Waals surface area contributed by atoms with Crippen LogP contribution >= 0.6 is 11.6 Å². The molecule has 7 nitrogen and oxygen atoms in total. The monoisotopic (exact) mass is 392 g/mol. The highest BCUT2D eigenvalue weighted by atomic mass is 35.5. The Labute approximate surface area is 166 Å². The van der Waals surface area contributed by atoms with E-state index in [1.165, 1.54) is 0 Å². The SMILES string of the molecule is Cc1c(Cl)cccc1NC(=O)Nc1cccc(-c2ccc3nnc(C)n3n2)c1. The number of carbonyl (C=O) groups is 1. The molecule has 0 bridgehead atoms. The maximum atomic E-state index is 12.4. The summed E-state index contributed by atoms with van der Waals surface area (Å²) in [6.45, 7) is 3.70. The standard InChI is InChI=1S/C20H17ClN6O/c1-12-16(21)7-4-8-17(12)23-20(28)22-15-6-3-5-14(11-15)18-9-10-19-25-24-13(2)27(19)26-18/h3-11H,1-2H3,(H2,22,23,28). The normalized spacial score (nSPS) is 10.8. The second kappa shape index (κ2) is 7.28. The van der Waals surface area contributed by atoms with E-state index in [-0.39, 0.29) is 6.03 Å². The van der Waals surface area contributed by atoms with E-state index in [0.29, 0.717) is 27.9 Å². The van der Waals surface area contributed by atoms with Gasteiger partial charge in [0.25, 0.3) is 0 Å². The molecule has 0 atom stereocenters. The van der Waals surface area contributed by atoms with Crippen LogP contribution in [0.4, 0.5) is 16.2 Å². The summed E-state index contributed by atoms with van der Waals surface area (Å²) in [5, 5.41) is 18.9. The maximum Gasteiger partial charge on any atom is 0.323 e. The van der Waals surface area contributed by atoms with E-state index >= 15 is 0 Å². The fourth-order valence-electron chi connectivity index (χ4n) is 2.83. The van der Waals surface area contributed by atoms with Gasteiger partial charge in [0.15, 0.2) is 11.5 Å². The highest BCUT2D eigenvalue weighted by molar-refractivity contribution is 6.31. The van der Waals surface area contributed by atoms with Crippen LogP contribution in [-0.2, 0) is 0 Å². The van der Waals surface area contributed by atoms with Gasteiger partial charge in [-0.05, 0) is 55.8 Å². The van der Waals surface area contributed by atoms with Crippen LogP contribution in [0.1, 0.15) is 11.4 Å². The van der Waals surface area contributed by atoms with Gasteiger partial charge in [-0.2, -0.15) is 9.61 Å². The number of anilines is 2. The van der Waals surface area contributed by atoms with E-state index in [0.717, 1.165) is 16.8 Å². The number of nitrogens with one attached hydrogen (secondary N) is 2. The lowest BCUT2D eigenvalue weighted by molar-refractivity contribution is 0.262. The molecular formula is C20H17ClN6O. The smallest absolute Gasteiger partial charge is 0.308 e. The third-order valence-corrected chi connectivity index (χ3v) is 4.76. The molecule has 0 spiro atoms. The lowest BCUT2D eigenvalue weighted by Gasteiger charge is -2.11. The zero-order chi connectivity index (χ0) is 19.7. The molecule has 0 aliphatic heterocycles. The number of rotatable bonds is 3. The number of nitrogens with zero attached hydrogens (tertiary/aromatic N) is 4. The van der Waals surface area contributed by atoms with Crippen molar-refractivity contribution in [3.05, 3.63) is 71.0 Å². The molecule has 2 aromatic carbocycles. The third-order valence-electron chi connectivity index (χ3n) is 4.35. The fourth-order valence-corrected chi connectivity index (χ4v) is 3.01. The van der Waals surface area contributed by atoms with Gasteiger partial charge in [-0.1, -0.05) is 29.8 Å². The summed E-state index contributed by atoms with van der Waals surface area (Å²) < 4.78 is 1.68. The lowest BCUT2D eigenvalue weighted by Crippen LogP contribution is -2.20. The molecule has 4 aromatic rings. The average molecular weight is 393 g/mol. The van der Waals surface area contributed by atoms with E-state index in [4.69, 9.17) is 11.6 Å². The van der Waals surface area contributed by atoms with Crippen LogP contribution in [0.5, 0.6) is 0 Å². The molecule has 0 saturated heterocycles. The molecule has 28 heavy (non-hydrogen) atoms. The van der Waals surface area contributed by atoms with Crippen molar-refractivity contribution in [3.63, 3.8) is 0 Å². The predicted octanol–water partition coefficient (Wildman–Crippen LogP) is 4.71. The molecule has 0 radical (unpaired) electrons. The molecule has 4 rings (SSSR count). The Hall–Kier alpha value is -3.45. The molecule has 0 aliphatic carbocycles. The van der Waals surface area contributed by atoms with Crippen LogP contribution in [-0.4, -0.2) is 25.8 Å². The van der Waals surface area contributed by atoms with Crippen molar-refractivity contribution in [2.45, 2.75) is 13.8 Å². The minimum absolute atomic E-state index is 0.347. The minimum Gasteiger partial charge on any atom is -0.308 e. The van der Waals surface area contributed by atoms with Crippen molar-refractivity contribution in [1.29, 1.82) is 0 Å². The molecule has 2 amide bonds. The number of benzene rings is 2. The summed E-state index contributed by atoms with van der Waals surface area (Å²) in [6, 6.07) is 16.2. The molecule has 8 heteroatoms. The molecule has 2 heterocycles. The maximum absolute atomic E-state index is 12.4. The Kier molecular flexibility index (Phi) is 4.67. The second-order valence-corrected chi connectivity index (χ2v) is 6.72. The van der Waals surface area contributed by atoms with Crippen LogP contribution in [0.2, 0.25) is 5.02 Å². The van der Waals surface area contributed by atoms with Crippen LogP contribution < -0.4 is 10.6 Å². The van der Waals surface area contributed by atoms with Crippen LogP contribution in [0.25, 0.3) is 16.9 Å². The molecule has 0 aliphatic rings. The van der Waals surface area contributed by atoms with Gasteiger partial charge in [0.2, 0.25) is 0 Å². The van der Waals surface area contributed by atoms with Gasteiger partial charge in [-0.3, -0.25) is 0 Å². The zero-order valence-corrected chi connectivity index (χ0v) is 16.0. The third kappa shape index (κ3) is 3.52. The topological polar surface area (TPSA) is 84.2 Å². The number of amides is 2. The van der Waals surface area contributed by atoms with E-state index in [1.807, 2.05) is 50.2 Å². The molecular weight excluding hydrogens is 376 g/mol. The summed E-state index contributed by atoms with van der Waals surface area (Å²) in [5.41, 5.74) is 4.44. The van der Waals surface area contributed by atoms with Gasteiger partial charge in [0.05, 0.1) is 5.69 Å². The first-order valence-corrected chi connectivity index (χ1v) is 9.02. The number of urea groups is 1. The summed E-state index contributed by atoms with van der Waals surface area (Å²) in [7, 11) is 0. The summed E-state index contributed by atoms with van der Waals surface area (Å²) in [4.78, 5) is 12.4. The van der Waals surface area contributed by atoms with Gasteiger partial charge in [0.1, 0.15) is 0 Å². The summed E-state index contributed by atoms with van der Waals surface area (Å²) in [5.74, 6) is 0.711. The number of hydrogen-bond acceptors (Lipinski definition) is 4. The Bertz CT molecular complexity index is 1190. The predicted molar refractivity (Wildman–Crippen MR) is 110 cm³/mol. The highest BCUT2D eigenvalue weighted by Gasteiger charge is 2.09. The van der Waals surface area contributed by atoms with Gasteiger partial charge >= 0.3 is 6.03 Å². The summed E-state index contributed by atoms with van der Waals surface area (Å²) in [6.07, 6.45) is 0. The van der Waals surface area contributed by atoms with Crippen LogP contribution in [0.3, 0.4) is 0 Å². The molecule has 0 saturated carbocycles. The molecule has 0 unspecified atom stereocenters. The molecule has 140 valence electrons. The van der Waals surface area contributed by atoms with E-state index in [1.54, 1.807) is 22.7 Å². The number of aryl methyl sites for hydroxylation is 1. The second-order valence-electron chi connectivity index (χ2n) is 6.31. The van der Waals surface area contributed by atoms with Gasteiger partial charge in [0, 0.05) is 22.0 Å². The van der Waals surface area contributed by atoms with Crippen molar-refractivity contribution >= 4 is 34.7 Å². The van der Waals surface area contributed by atoms with Crippen molar-refractivity contribution in [2.75, 3.05) is 10.6 Å². The van der Waals surface area contributed by atoms with Crippen molar-refractivity contribution < 1.29 is 4.79 Å². The van der Waals surface area contributed by atoms with E-state index in [9.17, 15) is 4.79 Å². The fraction of sp³-hybridized carbons (Fsp3) is 0.100. The Morgan fingerprint density at radius 2 is 1.82 bits per heavy atom. The average Bonchev–Trinajstić information content (AvgIpc) is 3.06. The number of halogens is 1. The van der Waals surface area contributed by atoms with Crippen LogP contribution in [0, 0.1) is 13.8 Å². The quantitative estimate of drug-likeness (QED) is 0.529. The highest BCUT2D eigenvalue weighted by Crippen LogP contribution is 2.24. The van der Waals surface area contributed by atoms with E-state index in [2.05, 4.69) is 25.9 Å². The van der Waals surface area contributed by atoms with Gasteiger partial charge < -0.3 is 10.6 Å². The first-order valence-electron chi connectivity index (χ1n) is 8.64. The summed E-state index contributed by atoms with van der Waals surface area (Å²) >= 11 is 6.10. The van der Waals surface area contributed by atoms with Gasteiger partial charge in [-0.25, -0.2) is 4.79 Å². The zero-order valence-electron chi connectivity index (χ0n) is 15.3. The first kappa shape index (κ1) is 17.9. The van der Waals surface area contributed by atoms with Crippen molar-refractivity contribution in [3.8, 4) is 11.3 Å². The molecule has 2 aromatic heterocycles. The van der Waals surface area contributed by atoms with Crippen molar-refractivity contribution in [2.24, 2.45) is 0 Å². The number of hydrogen-bond donors (Lipinski definition) is 2. The van der Waals surface area contributed by atoms with Crippen LogP contribution in [0.15, 0.2) is 54.6 Å². The number of fused-ring (bicyclic) bond motifs is 1. The Morgan fingerprint density at radius 3 is 2.68 bits per heavy atom. The molecule has 2 N–H and O–H groups in total. The number of aromatic nitrogens is 4.